The molecule has 2 rings (SSSR count). The quantitative estimate of drug-likeness (QED) is 0.797. The molecule has 1 saturated heterocycles. The number of amides is 3. The molecule has 1 aliphatic rings. The van der Waals surface area contributed by atoms with Crippen molar-refractivity contribution in [3.05, 3.63) is 29.8 Å². The first-order chi connectivity index (χ1) is 9.49. The van der Waals surface area contributed by atoms with Gasteiger partial charge in [0.15, 0.2) is 5.78 Å². The first kappa shape index (κ1) is 14.0. The summed E-state index contributed by atoms with van der Waals surface area (Å²) in [5.41, 5.74) is 1.08. The summed E-state index contributed by atoms with van der Waals surface area (Å²) in [5, 5.41) is 5.41. The molecular weight excluding hydrogens is 258 g/mol. The third-order valence-electron chi connectivity index (χ3n) is 3.28. The number of urea groups is 1. The van der Waals surface area contributed by atoms with E-state index < -0.39 is 6.04 Å². The summed E-state index contributed by atoms with van der Waals surface area (Å²) in [5.74, 6) is -0.226. The van der Waals surface area contributed by atoms with Crippen molar-refractivity contribution in [3.8, 4) is 0 Å². The minimum atomic E-state index is -0.500. The molecule has 1 fully saturated rings. The molecule has 0 bridgehead atoms. The summed E-state index contributed by atoms with van der Waals surface area (Å²) in [6.45, 7) is 4.06. The highest BCUT2D eigenvalue weighted by Gasteiger charge is 2.29. The van der Waals surface area contributed by atoms with E-state index in [0.29, 0.717) is 24.3 Å². The highest BCUT2D eigenvalue weighted by atomic mass is 16.2. The van der Waals surface area contributed by atoms with Crippen LogP contribution in [-0.2, 0) is 4.79 Å². The van der Waals surface area contributed by atoms with E-state index >= 15 is 0 Å². The topological polar surface area (TPSA) is 78.5 Å². The van der Waals surface area contributed by atoms with Crippen LogP contribution in [0.25, 0.3) is 0 Å². The largest absolute Gasteiger partial charge is 0.353 e. The number of ketones is 1. The molecule has 0 aromatic heterocycles. The second kappa shape index (κ2) is 5.73. The maximum atomic E-state index is 12.2. The van der Waals surface area contributed by atoms with Crippen LogP contribution in [0.4, 0.5) is 10.5 Å². The van der Waals surface area contributed by atoms with Gasteiger partial charge in [-0.15, -0.1) is 0 Å². The predicted molar refractivity (Wildman–Crippen MR) is 74.6 cm³/mol. The van der Waals surface area contributed by atoms with E-state index in [1.807, 2.05) is 0 Å². The molecule has 20 heavy (non-hydrogen) atoms. The van der Waals surface area contributed by atoms with Crippen molar-refractivity contribution in [1.29, 1.82) is 0 Å². The van der Waals surface area contributed by atoms with Crippen LogP contribution in [0.1, 0.15) is 24.2 Å². The number of anilines is 1. The summed E-state index contributed by atoms with van der Waals surface area (Å²) in [4.78, 5) is 36.5. The van der Waals surface area contributed by atoms with Crippen LogP contribution in [0, 0.1) is 0 Å². The zero-order chi connectivity index (χ0) is 14.7. The number of hydrogen-bond donors (Lipinski definition) is 2. The van der Waals surface area contributed by atoms with Gasteiger partial charge in [-0.25, -0.2) is 4.79 Å². The molecule has 0 aliphatic carbocycles. The zero-order valence-corrected chi connectivity index (χ0v) is 11.5. The van der Waals surface area contributed by atoms with Crippen molar-refractivity contribution in [2.24, 2.45) is 0 Å². The van der Waals surface area contributed by atoms with Gasteiger partial charge in [-0.3, -0.25) is 9.59 Å². The number of nitrogens with one attached hydrogen (secondary N) is 2. The minimum absolute atomic E-state index is 0.0631. The molecule has 2 N–H and O–H groups in total. The van der Waals surface area contributed by atoms with Crippen molar-refractivity contribution in [2.75, 3.05) is 18.4 Å². The number of hydrogen-bond acceptors (Lipinski definition) is 3. The molecule has 1 heterocycles. The Morgan fingerprint density at radius 3 is 2.85 bits per heavy atom. The summed E-state index contributed by atoms with van der Waals surface area (Å²) in [7, 11) is 0. The predicted octanol–water partition coefficient (Wildman–Crippen LogP) is 1.24. The number of piperazine rings is 1. The first-order valence-corrected chi connectivity index (χ1v) is 6.45. The summed E-state index contributed by atoms with van der Waals surface area (Å²) < 4.78 is 0. The molecule has 1 aliphatic heterocycles. The smallest absolute Gasteiger partial charge is 0.322 e. The molecule has 1 atom stereocenters. The Kier molecular flexibility index (Phi) is 4.02. The third kappa shape index (κ3) is 2.96. The van der Waals surface area contributed by atoms with Gasteiger partial charge < -0.3 is 15.5 Å². The second-order valence-corrected chi connectivity index (χ2v) is 4.73. The van der Waals surface area contributed by atoms with Crippen molar-refractivity contribution < 1.29 is 14.4 Å². The molecule has 106 valence electrons. The van der Waals surface area contributed by atoms with Crippen LogP contribution in [0.15, 0.2) is 24.3 Å². The fraction of sp³-hybridized carbons (Fsp3) is 0.357. The van der Waals surface area contributed by atoms with E-state index in [1.54, 1.807) is 31.2 Å². The van der Waals surface area contributed by atoms with Crippen LogP contribution >= 0.6 is 0 Å². The van der Waals surface area contributed by atoms with Crippen molar-refractivity contribution in [1.82, 2.24) is 10.2 Å². The lowest BCUT2D eigenvalue weighted by Gasteiger charge is -2.32. The van der Waals surface area contributed by atoms with Crippen molar-refractivity contribution in [2.45, 2.75) is 19.9 Å². The molecule has 0 unspecified atom stereocenters. The lowest BCUT2D eigenvalue weighted by molar-refractivity contribution is -0.126. The summed E-state index contributed by atoms with van der Waals surface area (Å²) >= 11 is 0. The Balaban J connectivity index is 2.09. The molecule has 6 nitrogen and oxygen atoms in total. The zero-order valence-electron chi connectivity index (χ0n) is 11.5. The van der Waals surface area contributed by atoms with Crippen LogP contribution in [0.3, 0.4) is 0 Å². The maximum Gasteiger partial charge on any atom is 0.322 e. The van der Waals surface area contributed by atoms with Crippen LogP contribution in [0.2, 0.25) is 0 Å². The standard InChI is InChI=1S/C14H17N3O3/c1-9-13(19)15-6-7-17(9)14(20)16-12-5-3-4-11(8-12)10(2)18/h3-5,8-9H,6-7H2,1-2H3,(H,15,19)(H,16,20)/t9-/m0/s1. The average Bonchev–Trinajstić information content (AvgIpc) is 2.42. The van der Waals surface area contributed by atoms with Crippen LogP contribution in [-0.4, -0.2) is 41.8 Å². The number of nitrogens with zero attached hydrogens (tertiary/aromatic N) is 1. The SMILES string of the molecule is CC(=O)c1cccc(NC(=O)N2CCNC(=O)[C@@H]2C)c1. The number of carbonyl (C=O) groups excluding carboxylic acids is 3. The van der Waals surface area contributed by atoms with Crippen LogP contribution in [0.5, 0.6) is 0 Å². The molecule has 0 radical (unpaired) electrons. The van der Waals surface area contributed by atoms with Gasteiger partial charge in [0.05, 0.1) is 0 Å². The van der Waals surface area contributed by atoms with Crippen LogP contribution < -0.4 is 10.6 Å². The Morgan fingerprint density at radius 2 is 2.15 bits per heavy atom. The summed E-state index contributed by atoms with van der Waals surface area (Å²) in [6.07, 6.45) is 0. The Hall–Kier alpha value is -2.37. The molecule has 1 aromatic rings. The van der Waals surface area contributed by atoms with Gasteiger partial charge in [-0.1, -0.05) is 12.1 Å². The van der Waals surface area contributed by atoms with Gasteiger partial charge in [0.1, 0.15) is 6.04 Å². The van der Waals surface area contributed by atoms with Gasteiger partial charge >= 0.3 is 6.03 Å². The first-order valence-electron chi connectivity index (χ1n) is 6.45. The van der Waals surface area contributed by atoms with Gasteiger partial charge in [-0.2, -0.15) is 0 Å². The molecule has 1 aromatic carbocycles. The lowest BCUT2D eigenvalue weighted by Crippen LogP contribution is -2.56. The average molecular weight is 275 g/mol. The van der Waals surface area contributed by atoms with Gasteiger partial charge in [-0.05, 0) is 26.0 Å². The van der Waals surface area contributed by atoms with Gasteiger partial charge in [0, 0.05) is 24.3 Å². The van der Waals surface area contributed by atoms with E-state index in [1.165, 1.54) is 11.8 Å². The third-order valence-corrected chi connectivity index (χ3v) is 3.28. The second-order valence-electron chi connectivity index (χ2n) is 4.73. The normalized spacial score (nSPS) is 18.4. The fourth-order valence-electron chi connectivity index (χ4n) is 2.07. The monoisotopic (exact) mass is 275 g/mol. The number of Topliss-reactive ketones (excluding diaryl/α,β-unsaturated/α-hetero) is 1. The van der Waals surface area contributed by atoms with Crippen molar-refractivity contribution in [3.63, 3.8) is 0 Å². The highest BCUT2D eigenvalue weighted by molar-refractivity contribution is 5.97. The number of rotatable bonds is 2. The number of carbonyl (C=O) groups is 3. The Morgan fingerprint density at radius 1 is 1.40 bits per heavy atom. The molecular formula is C14H17N3O3. The van der Waals surface area contributed by atoms with E-state index in [0.717, 1.165) is 0 Å². The molecule has 6 heteroatoms. The maximum absolute atomic E-state index is 12.2. The number of benzene rings is 1. The van der Waals surface area contributed by atoms with E-state index in [4.69, 9.17) is 0 Å². The molecule has 3 amide bonds. The van der Waals surface area contributed by atoms with E-state index in [9.17, 15) is 14.4 Å². The Labute approximate surface area is 117 Å². The highest BCUT2D eigenvalue weighted by Crippen LogP contribution is 2.13. The Bertz CT molecular complexity index is 556. The van der Waals surface area contributed by atoms with Gasteiger partial charge in [0.2, 0.25) is 5.91 Å². The van der Waals surface area contributed by atoms with E-state index in [-0.39, 0.29) is 17.7 Å². The molecule has 0 spiro atoms. The van der Waals surface area contributed by atoms with Gasteiger partial charge in [0.25, 0.3) is 0 Å². The fourth-order valence-corrected chi connectivity index (χ4v) is 2.07. The summed E-state index contributed by atoms with van der Waals surface area (Å²) in [6, 6.07) is 5.88. The molecule has 0 saturated carbocycles. The lowest BCUT2D eigenvalue weighted by atomic mass is 10.1. The minimum Gasteiger partial charge on any atom is -0.353 e. The van der Waals surface area contributed by atoms with Crippen molar-refractivity contribution >= 4 is 23.4 Å². The van der Waals surface area contributed by atoms with E-state index in [2.05, 4.69) is 10.6 Å².